The summed E-state index contributed by atoms with van der Waals surface area (Å²) in [6.07, 6.45) is 7.57. The lowest BCUT2D eigenvalue weighted by atomic mass is 9.86. The van der Waals surface area contributed by atoms with Crippen LogP contribution in [-0.4, -0.2) is 23.7 Å². The first-order chi connectivity index (χ1) is 15.3. The molecule has 1 heterocycles. The Bertz CT molecular complexity index is 955. The third-order valence-corrected chi connectivity index (χ3v) is 5.80. The second kappa shape index (κ2) is 10.6. The van der Waals surface area contributed by atoms with E-state index >= 15 is 0 Å². The molecule has 1 aromatic heterocycles. The monoisotopic (exact) mass is 415 g/mol. The average Bonchev–Trinajstić information content (AvgIpc) is 2.84. The molecule has 2 N–H and O–H groups in total. The van der Waals surface area contributed by atoms with Gasteiger partial charge in [0.05, 0.1) is 6.61 Å². The Labute approximate surface area is 183 Å². The second-order valence-electron chi connectivity index (χ2n) is 8.08. The molecule has 0 unspecified atom stereocenters. The van der Waals surface area contributed by atoms with E-state index in [1.165, 1.54) is 5.56 Å². The molecule has 3 aromatic rings. The van der Waals surface area contributed by atoms with Crippen LogP contribution in [0.4, 0.5) is 4.79 Å². The number of carbonyl (C=O) groups is 1. The highest BCUT2D eigenvalue weighted by atomic mass is 16.5. The molecular weight excluding hydrogens is 386 g/mol. The highest BCUT2D eigenvalue weighted by molar-refractivity contribution is 5.74. The van der Waals surface area contributed by atoms with Gasteiger partial charge in [-0.05, 0) is 54.9 Å². The number of urea groups is 1. The quantitative estimate of drug-likeness (QED) is 0.558. The Morgan fingerprint density at radius 1 is 0.935 bits per heavy atom. The van der Waals surface area contributed by atoms with Gasteiger partial charge in [0.25, 0.3) is 0 Å². The van der Waals surface area contributed by atoms with Crippen LogP contribution in [0.15, 0.2) is 79.1 Å². The van der Waals surface area contributed by atoms with Crippen molar-refractivity contribution >= 4 is 6.03 Å². The number of amides is 2. The number of benzene rings is 2. The normalized spacial score (nSPS) is 18.2. The van der Waals surface area contributed by atoms with Gasteiger partial charge in [0.15, 0.2) is 0 Å². The van der Waals surface area contributed by atoms with E-state index < -0.39 is 0 Å². The number of hydrogen-bond donors (Lipinski definition) is 2. The molecule has 4 rings (SSSR count). The van der Waals surface area contributed by atoms with E-state index in [0.717, 1.165) is 42.6 Å². The Morgan fingerprint density at radius 2 is 1.71 bits per heavy atom. The summed E-state index contributed by atoms with van der Waals surface area (Å²) in [6.45, 7) is 1.20. The zero-order valence-corrected chi connectivity index (χ0v) is 17.7. The first-order valence-electron chi connectivity index (χ1n) is 11.0. The predicted octanol–water partition coefficient (Wildman–Crippen LogP) is 5.19. The minimum atomic E-state index is -0.111. The molecule has 0 spiro atoms. The minimum Gasteiger partial charge on any atom is -0.493 e. The molecule has 0 saturated heterocycles. The Morgan fingerprint density at radius 3 is 2.48 bits per heavy atom. The van der Waals surface area contributed by atoms with Crippen molar-refractivity contribution in [2.24, 2.45) is 5.92 Å². The predicted molar refractivity (Wildman–Crippen MR) is 123 cm³/mol. The molecule has 1 aliphatic carbocycles. The molecule has 2 aromatic carbocycles. The van der Waals surface area contributed by atoms with E-state index in [-0.39, 0.29) is 12.1 Å². The molecule has 0 aliphatic heterocycles. The van der Waals surface area contributed by atoms with Crippen LogP contribution in [-0.2, 0) is 6.54 Å². The van der Waals surface area contributed by atoms with E-state index in [1.54, 1.807) is 12.4 Å². The van der Waals surface area contributed by atoms with Crippen molar-refractivity contribution in [3.8, 4) is 16.9 Å². The fourth-order valence-electron chi connectivity index (χ4n) is 4.05. The zero-order valence-electron chi connectivity index (χ0n) is 17.7. The lowest BCUT2D eigenvalue weighted by Crippen LogP contribution is -2.43. The summed E-state index contributed by atoms with van der Waals surface area (Å²) in [7, 11) is 0. The average molecular weight is 416 g/mol. The Hall–Kier alpha value is -3.34. The molecule has 0 atom stereocenters. The maximum atomic E-state index is 12.2. The third kappa shape index (κ3) is 6.07. The molecule has 2 amide bonds. The van der Waals surface area contributed by atoms with Gasteiger partial charge in [-0.25, -0.2) is 4.79 Å². The first-order valence-corrected chi connectivity index (χ1v) is 11.0. The minimum absolute atomic E-state index is 0.111. The van der Waals surface area contributed by atoms with E-state index in [9.17, 15) is 4.79 Å². The van der Waals surface area contributed by atoms with Gasteiger partial charge in [-0.1, -0.05) is 54.6 Å². The molecule has 160 valence electrons. The summed E-state index contributed by atoms with van der Waals surface area (Å²) in [5.41, 5.74) is 3.29. The summed E-state index contributed by atoms with van der Waals surface area (Å²) in [5.74, 6) is 1.45. The molecule has 31 heavy (non-hydrogen) atoms. The molecular formula is C26H29N3O2. The zero-order chi connectivity index (χ0) is 21.3. The number of carbonyl (C=O) groups excluding carboxylic acids is 1. The number of para-hydroxylation sites is 1. The SMILES string of the molecule is O=C(NCc1cccnc1)N[C@H]1CC[C@H](COc2ccccc2-c2ccccc2)CC1. The maximum Gasteiger partial charge on any atom is 0.315 e. The fourth-order valence-corrected chi connectivity index (χ4v) is 4.05. The summed E-state index contributed by atoms with van der Waals surface area (Å²) < 4.78 is 6.23. The van der Waals surface area contributed by atoms with Gasteiger partial charge in [0.2, 0.25) is 0 Å². The van der Waals surface area contributed by atoms with E-state index in [2.05, 4.69) is 33.8 Å². The van der Waals surface area contributed by atoms with E-state index in [0.29, 0.717) is 19.1 Å². The molecule has 1 aliphatic rings. The van der Waals surface area contributed by atoms with Crippen molar-refractivity contribution in [2.45, 2.75) is 38.3 Å². The summed E-state index contributed by atoms with van der Waals surface area (Å²) in [6, 6.07) is 22.5. The number of aromatic nitrogens is 1. The van der Waals surface area contributed by atoms with Crippen molar-refractivity contribution < 1.29 is 9.53 Å². The van der Waals surface area contributed by atoms with Crippen molar-refractivity contribution in [1.29, 1.82) is 0 Å². The topological polar surface area (TPSA) is 63.2 Å². The van der Waals surface area contributed by atoms with Crippen LogP contribution in [0.1, 0.15) is 31.2 Å². The smallest absolute Gasteiger partial charge is 0.315 e. The third-order valence-electron chi connectivity index (χ3n) is 5.80. The van der Waals surface area contributed by atoms with Crippen molar-refractivity contribution in [2.75, 3.05) is 6.61 Å². The first kappa shape index (κ1) is 20.9. The number of ether oxygens (including phenoxy) is 1. The highest BCUT2D eigenvalue weighted by Gasteiger charge is 2.23. The van der Waals surface area contributed by atoms with Crippen molar-refractivity contribution in [3.63, 3.8) is 0 Å². The van der Waals surface area contributed by atoms with Gasteiger partial charge in [-0.15, -0.1) is 0 Å². The molecule has 0 radical (unpaired) electrons. The standard InChI is InChI=1S/C26H29N3O2/c30-26(28-18-21-7-6-16-27-17-21)29-23-14-12-20(13-15-23)19-31-25-11-5-4-10-24(25)22-8-2-1-3-9-22/h1-11,16-17,20,23H,12-15,18-19H2,(H2,28,29,30)/t20-,23-. The number of hydrogen-bond acceptors (Lipinski definition) is 3. The fraction of sp³-hybridized carbons (Fsp3) is 0.308. The molecule has 5 nitrogen and oxygen atoms in total. The van der Waals surface area contributed by atoms with Gasteiger partial charge in [-0.2, -0.15) is 0 Å². The number of nitrogens with zero attached hydrogens (tertiary/aromatic N) is 1. The maximum absolute atomic E-state index is 12.2. The van der Waals surface area contributed by atoms with Crippen LogP contribution in [0.2, 0.25) is 0 Å². The molecule has 0 bridgehead atoms. The van der Waals surface area contributed by atoms with Crippen LogP contribution in [0.3, 0.4) is 0 Å². The summed E-state index contributed by atoms with van der Waals surface area (Å²) in [5, 5.41) is 6.01. The van der Waals surface area contributed by atoms with Gasteiger partial charge >= 0.3 is 6.03 Å². The van der Waals surface area contributed by atoms with Gasteiger partial charge in [0.1, 0.15) is 5.75 Å². The molecule has 5 heteroatoms. The lowest BCUT2D eigenvalue weighted by molar-refractivity contribution is 0.189. The second-order valence-corrected chi connectivity index (χ2v) is 8.08. The van der Waals surface area contributed by atoms with E-state index in [4.69, 9.17) is 4.74 Å². The van der Waals surface area contributed by atoms with Crippen LogP contribution in [0.25, 0.3) is 11.1 Å². The Balaban J connectivity index is 1.21. The Kier molecular flexibility index (Phi) is 7.16. The summed E-state index contributed by atoms with van der Waals surface area (Å²) in [4.78, 5) is 16.2. The van der Waals surface area contributed by atoms with E-state index in [1.807, 2.05) is 48.5 Å². The number of pyridine rings is 1. The summed E-state index contributed by atoms with van der Waals surface area (Å²) >= 11 is 0. The highest BCUT2D eigenvalue weighted by Crippen LogP contribution is 2.31. The number of nitrogens with one attached hydrogen (secondary N) is 2. The molecule has 1 fully saturated rings. The molecule has 1 saturated carbocycles. The van der Waals surface area contributed by atoms with Crippen LogP contribution in [0, 0.1) is 5.92 Å². The largest absolute Gasteiger partial charge is 0.493 e. The van der Waals surface area contributed by atoms with Crippen LogP contribution in [0.5, 0.6) is 5.75 Å². The lowest BCUT2D eigenvalue weighted by Gasteiger charge is -2.29. The van der Waals surface area contributed by atoms with Crippen molar-refractivity contribution in [1.82, 2.24) is 15.6 Å². The van der Waals surface area contributed by atoms with Crippen LogP contribution < -0.4 is 15.4 Å². The van der Waals surface area contributed by atoms with Crippen molar-refractivity contribution in [3.05, 3.63) is 84.7 Å². The van der Waals surface area contributed by atoms with Gasteiger partial charge < -0.3 is 15.4 Å². The van der Waals surface area contributed by atoms with Crippen LogP contribution >= 0.6 is 0 Å². The van der Waals surface area contributed by atoms with Gasteiger partial charge in [-0.3, -0.25) is 4.98 Å². The van der Waals surface area contributed by atoms with Gasteiger partial charge in [0, 0.05) is 30.5 Å². The number of rotatable bonds is 7.